The standard InChI is InChI=1S/C16H11BrN2O2S2/c17-9-2-4-10(5-3-9)21-16-12-11(14(22-16)15(18)20)6-1-8-7-19-23-13(8)12/h2-5,7H,1,6H2,(H2,18,20). The predicted molar refractivity (Wildman–Crippen MR) is 95.6 cm³/mol. The first-order chi connectivity index (χ1) is 11.1. The lowest BCUT2D eigenvalue weighted by atomic mass is 9.93. The largest absolute Gasteiger partial charge is 0.446 e. The van der Waals surface area contributed by atoms with Gasteiger partial charge in [0.05, 0.1) is 15.3 Å². The molecule has 0 bridgehead atoms. The quantitative estimate of drug-likeness (QED) is 0.689. The minimum absolute atomic E-state index is 0.398. The molecule has 2 N–H and O–H groups in total. The summed E-state index contributed by atoms with van der Waals surface area (Å²) in [5, 5.41) is 0.710. The van der Waals surface area contributed by atoms with Crippen LogP contribution in [0.25, 0.3) is 10.4 Å². The molecule has 4 nitrogen and oxygen atoms in total. The van der Waals surface area contributed by atoms with Crippen molar-refractivity contribution >= 4 is 44.7 Å². The molecule has 0 atom stereocenters. The third kappa shape index (κ3) is 2.58. The lowest BCUT2D eigenvalue weighted by molar-refractivity contribution is 0.100. The number of carbonyl (C=O) groups excluding carboxylic acids is 1. The summed E-state index contributed by atoms with van der Waals surface area (Å²) in [5.74, 6) is 0.329. The molecule has 116 valence electrons. The van der Waals surface area contributed by atoms with E-state index >= 15 is 0 Å². The third-order valence-electron chi connectivity index (χ3n) is 3.74. The zero-order valence-corrected chi connectivity index (χ0v) is 15.1. The van der Waals surface area contributed by atoms with Crippen LogP contribution in [0.5, 0.6) is 10.8 Å². The van der Waals surface area contributed by atoms with E-state index in [1.165, 1.54) is 28.4 Å². The number of thiophene rings is 1. The van der Waals surface area contributed by atoms with E-state index in [1.807, 2.05) is 30.5 Å². The molecule has 2 aromatic heterocycles. The lowest BCUT2D eigenvalue weighted by Gasteiger charge is -2.14. The average Bonchev–Trinajstić information content (AvgIpc) is 3.13. The summed E-state index contributed by atoms with van der Waals surface area (Å²) in [5.41, 5.74) is 8.74. The van der Waals surface area contributed by atoms with Crippen LogP contribution in [-0.2, 0) is 12.8 Å². The first kappa shape index (κ1) is 14.9. The summed E-state index contributed by atoms with van der Waals surface area (Å²) >= 11 is 6.17. The Labute approximate surface area is 149 Å². The van der Waals surface area contributed by atoms with E-state index < -0.39 is 5.91 Å². The van der Waals surface area contributed by atoms with Crippen LogP contribution in [0.4, 0.5) is 0 Å². The third-order valence-corrected chi connectivity index (χ3v) is 6.25. The Bertz CT molecular complexity index is 899. The summed E-state index contributed by atoms with van der Waals surface area (Å²) in [6.45, 7) is 0. The minimum atomic E-state index is -0.398. The van der Waals surface area contributed by atoms with Crippen molar-refractivity contribution in [3.63, 3.8) is 0 Å². The van der Waals surface area contributed by atoms with Crippen LogP contribution < -0.4 is 10.5 Å². The van der Waals surface area contributed by atoms with Gasteiger partial charge in [0.15, 0.2) is 5.06 Å². The molecule has 0 unspecified atom stereocenters. The van der Waals surface area contributed by atoms with Gasteiger partial charge in [0.1, 0.15) is 5.75 Å². The number of primary amides is 1. The van der Waals surface area contributed by atoms with Gasteiger partial charge in [-0.15, -0.1) is 0 Å². The van der Waals surface area contributed by atoms with Crippen molar-refractivity contribution in [2.24, 2.45) is 5.73 Å². The number of fused-ring (bicyclic) bond motifs is 3. The number of amides is 1. The summed E-state index contributed by atoms with van der Waals surface area (Å²) in [7, 11) is 0. The van der Waals surface area contributed by atoms with Gasteiger partial charge in [-0.1, -0.05) is 27.3 Å². The van der Waals surface area contributed by atoms with Crippen molar-refractivity contribution in [2.45, 2.75) is 12.8 Å². The molecular formula is C16H11BrN2O2S2. The second kappa shape index (κ2) is 5.74. The maximum atomic E-state index is 11.8. The maximum Gasteiger partial charge on any atom is 0.259 e. The Balaban J connectivity index is 1.84. The number of ether oxygens (including phenoxy) is 1. The molecule has 0 aliphatic heterocycles. The van der Waals surface area contributed by atoms with Crippen LogP contribution in [0.3, 0.4) is 0 Å². The number of rotatable bonds is 3. The zero-order chi connectivity index (χ0) is 16.0. The fourth-order valence-electron chi connectivity index (χ4n) is 2.69. The van der Waals surface area contributed by atoms with Gasteiger partial charge >= 0.3 is 0 Å². The second-order valence-corrected chi connectivity index (χ2v) is 7.87. The summed E-state index contributed by atoms with van der Waals surface area (Å²) in [6.07, 6.45) is 3.57. The number of nitrogens with zero attached hydrogens (tertiary/aromatic N) is 1. The van der Waals surface area contributed by atoms with E-state index in [9.17, 15) is 4.79 Å². The SMILES string of the molecule is NC(=O)c1sc(Oc2ccc(Br)cc2)c2c1CCc1cnsc1-2. The summed E-state index contributed by atoms with van der Waals surface area (Å²) < 4.78 is 11.3. The van der Waals surface area contributed by atoms with Crippen LogP contribution in [0.2, 0.25) is 0 Å². The van der Waals surface area contributed by atoms with Crippen LogP contribution in [0.15, 0.2) is 34.9 Å². The monoisotopic (exact) mass is 406 g/mol. The van der Waals surface area contributed by atoms with E-state index in [0.29, 0.717) is 9.94 Å². The lowest BCUT2D eigenvalue weighted by Crippen LogP contribution is -2.12. The Hall–Kier alpha value is -1.70. The fourth-order valence-corrected chi connectivity index (χ4v) is 4.97. The van der Waals surface area contributed by atoms with Crippen molar-refractivity contribution in [1.82, 2.24) is 4.37 Å². The van der Waals surface area contributed by atoms with Crippen LogP contribution >= 0.6 is 38.8 Å². The number of nitrogens with two attached hydrogens (primary N) is 1. The van der Waals surface area contributed by atoms with E-state index in [4.69, 9.17) is 10.5 Å². The summed E-state index contributed by atoms with van der Waals surface area (Å²) in [6, 6.07) is 7.61. The van der Waals surface area contributed by atoms with E-state index in [1.54, 1.807) is 0 Å². The Morgan fingerprint density at radius 2 is 2.04 bits per heavy atom. The molecule has 2 heterocycles. The summed E-state index contributed by atoms with van der Waals surface area (Å²) in [4.78, 5) is 13.5. The molecular weight excluding hydrogens is 396 g/mol. The second-order valence-electron chi connectivity index (χ2n) is 5.17. The van der Waals surface area contributed by atoms with Gasteiger partial charge in [0.25, 0.3) is 5.91 Å². The molecule has 4 rings (SSSR count). The van der Waals surface area contributed by atoms with Crippen molar-refractivity contribution in [1.29, 1.82) is 0 Å². The highest BCUT2D eigenvalue weighted by Gasteiger charge is 2.29. The number of benzene rings is 1. The molecule has 1 amide bonds. The van der Waals surface area contributed by atoms with Gasteiger partial charge in [0.2, 0.25) is 0 Å². The molecule has 23 heavy (non-hydrogen) atoms. The van der Waals surface area contributed by atoms with E-state index in [2.05, 4.69) is 20.3 Å². The molecule has 0 saturated heterocycles. The number of hydrogen-bond acceptors (Lipinski definition) is 5. The predicted octanol–water partition coefficient (Wildman–Crippen LogP) is 4.62. The highest BCUT2D eigenvalue weighted by molar-refractivity contribution is 9.10. The Morgan fingerprint density at radius 3 is 2.78 bits per heavy atom. The fraction of sp³-hybridized carbons (Fsp3) is 0.125. The highest BCUT2D eigenvalue weighted by Crippen LogP contribution is 2.49. The molecule has 0 saturated carbocycles. The number of halogens is 1. The Kier molecular flexibility index (Phi) is 3.71. The first-order valence-electron chi connectivity index (χ1n) is 6.96. The van der Waals surface area contributed by atoms with Crippen molar-refractivity contribution in [2.75, 3.05) is 0 Å². The van der Waals surface area contributed by atoms with Crippen molar-refractivity contribution < 1.29 is 9.53 Å². The van der Waals surface area contributed by atoms with E-state index in [0.717, 1.165) is 39.1 Å². The first-order valence-corrected chi connectivity index (χ1v) is 9.34. The molecule has 3 aromatic rings. The zero-order valence-electron chi connectivity index (χ0n) is 11.8. The molecule has 1 aliphatic rings. The normalized spacial score (nSPS) is 12.6. The highest BCUT2D eigenvalue weighted by atomic mass is 79.9. The van der Waals surface area contributed by atoms with Crippen LogP contribution in [0, 0.1) is 0 Å². The van der Waals surface area contributed by atoms with Crippen LogP contribution in [0.1, 0.15) is 20.8 Å². The van der Waals surface area contributed by atoms with E-state index in [-0.39, 0.29) is 0 Å². The smallest absolute Gasteiger partial charge is 0.259 e. The molecule has 0 fully saturated rings. The number of carbonyl (C=O) groups is 1. The van der Waals surface area contributed by atoms with Gasteiger partial charge in [-0.05, 0) is 59.8 Å². The molecule has 7 heteroatoms. The van der Waals surface area contributed by atoms with Gasteiger partial charge in [-0.25, -0.2) is 4.37 Å². The van der Waals surface area contributed by atoms with Crippen LogP contribution in [-0.4, -0.2) is 10.3 Å². The van der Waals surface area contributed by atoms with Gasteiger partial charge in [-0.2, -0.15) is 0 Å². The number of hydrogen-bond donors (Lipinski definition) is 1. The maximum absolute atomic E-state index is 11.8. The van der Waals surface area contributed by atoms with Gasteiger partial charge in [-0.3, -0.25) is 4.79 Å². The minimum Gasteiger partial charge on any atom is -0.446 e. The topological polar surface area (TPSA) is 65.2 Å². The molecule has 0 radical (unpaired) electrons. The van der Waals surface area contributed by atoms with Gasteiger partial charge in [0, 0.05) is 10.7 Å². The molecule has 1 aliphatic carbocycles. The average molecular weight is 407 g/mol. The number of aryl methyl sites for hydroxylation is 1. The van der Waals surface area contributed by atoms with Crippen molar-refractivity contribution in [3.05, 3.63) is 50.9 Å². The number of aromatic nitrogens is 1. The molecule has 1 aromatic carbocycles. The molecule has 0 spiro atoms. The van der Waals surface area contributed by atoms with Crippen molar-refractivity contribution in [3.8, 4) is 21.3 Å². The van der Waals surface area contributed by atoms with Gasteiger partial charge < -0.3 is 10.5 Å². The Morgan fingerprint density at radius 1 is 1.26 bits per heavy atom.